The van der Waals surface area contributed by atoms with Crippen molar-refractivity contribution < 1.29 is 18.7 Å². The van der Waals surface area contributed by atoms with Gasteiger partial charge in [-0.25, -0.2) is 14.4 Å². The Morgan fingerprint density at radius 1 is 0.978 bits per heavy atom. The summed E-state index contributed by atoms with van der Waals surface area (Å²) in [6.07, 6.45) is 3.16. The number of amides is 1. The van der Waals surface area contributed by atoms with Crippen molar-refractivity contribution in [1.29, 1.82) is 0 Å². The number of anilines is 1. The van der Waals surface area contributed by atoms with Crippen LogP contribution in [0.25, 0.3) is 11.0 Å². The molecule has 2 saturated heterocycles. The third-order valence-corrected chi connectivity index (χ3v) is 9.04. The number of ether oxygens (including phenoxy) is 2. The van der Waals surface area contributed by atoms with Crippen LogP contribution in [-0.2, 0) is 24.4 Å². The van der Waals surface area contributed by atoms with Crippen molar-refractivity contribution in [2.24, 2.45) is 0 Å². The molecule has 2 aromatic heterocycles. The van der Waals surface area contributed by atoms with Crippen LogP contribution in [0, 0.1) is 5.82 Å². The molecule has 46 heavy (non-hydrogen) atoms. The number of halogens is 2. The number of nitrogens with one attached hydrogen (secondary N) is 1. The lowest BCUT2D eigenvalue weighted by molar-refractivity contribution is -0.0592. The van der Waals surface area contributed by atoms with E-state index in [1.54, 1.807) is 30.3 Å². The summed E-state index contributed by atoms with van der Waals surface area (Å²) in [5.74, 6) is 1.26. The van der Waals surface area contributed by atoms with Gasteiger partial charge in [0.25, 0.3) is 5.91 Å². The van der Waals surface area contributed by atoms with Gasteiger partial charge in [0.15, 0.2) is 0 Å². The highest BCUT2D eigenvalue weighted by Gasteiger charge is 2.26. The number of fused-ring (bicyclic) bond motifs is 1. The first-order valence-corrected chi connectivity index (χ1v) is 16.1. The molecule has 8 nitrogen and oxygen atoms in total. The number of pyridine rings is 1. The van der Waals surface area contributed by atoms with Crippen LogP contribution in [0.2, 0.25) is 5.02 Å². The monoisotopic (exact) mass is 639 g/mol. The first-order chi connectivity index (χ1) is 22.5. The van der Waals surface area contributed by atoms with E-state index in [0.717, 1.165) is 80.3 Å². The third kappa shape index (κ3) is 6.92. The number of carbonyl (C=O) groups is 1. The Kier molecular flexibility index (Phi) is 8.96. The highest BCUT2D eigenvalue weighted by Crippen LogP contribution is 2.30. The Hall–Kier alpha value is -4.31. The average molecular weight is 640 g/mol. The van der Waals surface area contributed by atoms with E-state index < -0.39 is 0 Å². The number of piperidine rings is 1. The second-order valence-electron chi connectivity index (χ2n) is 11.9. The Balaban J connectivity index is 1.01. The largest absolute Gasteiger partial charge is 0.473 e. The quantitative estimate of drug-likeness (QED) is 0.174. The predicted octanol–water partition coefficient (Wildman–Crippen LogP) is 7.22. The maximum absolute atomic E-state index is 14.2. The molecule has 7 rings (SSSR count). The standard InChI is InChI=1S/C36H35ClFN5O3/c37-27-10-9-26(30(38)19-27)23-46-35-8-4-7-31(41-35)24-13-16-42(17-14-24)22-34-40-32-20-28(39-36(44)25-5-2-1-3-6-25)11-12-33(32)43(34)21-29-15-18-45-29/h1-12,19-20,24,29H,13-18,21-23H2,(H,39,44). The van der Waals surface area contributed by atoms with Gasteiger partial charge in [-0.1, -0.05) is 41.9 Å². The highest BCUT2D eigenvalue weighted by atomic mass is 35.5. The highest BCUT2D eigenvalue weighted by molar-refractivity contribution is 6.30. The number of likely N-dealkylation sites (tertiary alicyclic amines) is 1. The second-order valence-corrected chi connectivity index (χ2v) is 12.4. The van der Waals surface area contributed by atoms with E-state index in [4.69, 9.17) is 31.0 Å². The fourth-order valence-electron chi connectivity index (χ4n) is 6.12. The molecule has 2 aliphatic rings. The summed E-state index contributed by atoms with van der Waals surface area (Å²) in [7, 11) is 0. The lowest BCUT2D eigenvalue weighted by atomic mass is 9.93. The van der Waals surface area contributed by atoms with E-state index in [2.05, 4.69) is 14.8 Å². The van der Waals surface area contributed by atoms with Crippen LogP contribution in [0.5, 0.6) is 5.88 Å². The minimum absolute atomic E-state index is 0.0890. The minimum Gasteiger partial charge on any atom is -0.473 e. The molecule has 0 radical (unpaired) electrons. The van der Waals surface area contributed by atoms with Crippen LogP contribution >= 0.6 is 11.6 Å². The molecule has 1 unspecified atom stereocenters. The lowest BCUT2D eigenvalue weighted by Gasteiger charge is -2.32. The van der Waals surface area contributed by atoms with Crippen molar-refractivity contribution in [2.75, 3.05) is 25.0 Å². The second kappa shape index (κ2) is 13.6. The molecular formula is C36H35ClFN5O3. The molecule has 1 atom stereocenters. The smallest absolute Gasteiger partial charge is 0.255 e. The summed E-state index contributed by atoms with van der Waals surface area (Å²) in [4.78, 5) is 25.0. The molecule has 1 N–H and O–H groups in total. The Morgan fingerprint density at radius 3 is 2.57 bits per heavy atom. The van der Waals surface area contributed by atoms with Crippen molar-refractivity contribution in [3.8, 4) is 5.88 Å². The molecule has 0 spiro atoms. The first kappa shape index (κ1) is 30.3. The van der Waals surface area contributed by atoms with Gasteiger partial charge in [-0.3, -0.25) is 9.69 Å². The molecule has 0 bridgehead atoms. The van der Waals surface area contributed by atoms with Crippen LogP contribution in [0.1, 0.15) is 52.6 Å². The van der Waals surface area contributed by atoms with E-state index in [0.29, 0.717) is 27.9 Å². The molecule has 4 heterocycles. The number of nitrogens with zero attached hydrogens (tertiary/aromatic N) is 4. The van der Waals surface area contributed by atoms with Gasteiger partial charge < -0.3 is 19.4 Å². The van der Waals surface area contributed by atoms with Crippen LogP contribution in [-0.4, -0.2) is 51.1 Å². The number of carbonyl (C=O) groups excluding carboxylic acids is 1. The molecule has 5 aromatic rings. The first-order valence-electron chi connectivity index (χ1n) is 15.7. The Bertz CT molecular complexity index is 1840. The SMILES string of the molecule is O=C(Nc1ccc2c(c1)nc(CN1CCC(c3cccc(OCc4ccc(Cl)cc4F)n3)CC1)n2CC1CCO1)c1ccccc1. The van der Waals surface area contributed by atoms with E-state index in [1.165, 1.54) is 6.07 Å². The summed E-state index contributed by atoms with van der Waals surface area (Å²) < 4.78 is 28.1. The summed E-state index contributed by atoms with van der Waals surface area (Å²) in [6, 6.07) is 25.5. The summed E-state index contributed by atoms with van der Waals surface area (Å²) in [5.41, 5.74) is 4.66. The zero-order chi connectivity index (χ0) is 31.5. The number of aromatic nitrogens is 3. The van der Waals surface area contributed by atoms with Gasteiger partial charge in [-0.15, -0.1) is 0 Å². The van der Waals surface area contributed by atoms with Gasteiger partial charge >= 0.3 is 0 Å². The van der Waals surface area contributed by atoms with Crippen LogP contribution < -0.4 is 10.1 Å². The summed E-state index contributed by atoms with van der Waals surface area (Å²) in [6.45, 7) is 4.20. The van der Waals surface area contributed by atoms with Crippen LogP contribution in [0.15, 0.2) is 84.9 Å². The fraction of sp³-hybridized carbons (Fsp3) is 0.306. The van der Waals surface area contributed by atoms with E-state index in [9.17, 15) is 9.18 Å². The molecule has 0 saturated carbocycles. The molecule has 3 aromatic carbocycles. The number of hydrogen-bond acceptors (Lipinski definition) is 6. The number of rotatable bonds is 10. The third-order valence-electron chi connectivity index (χ3n) is 8.81. The summed E-state index contributed by atoms with van der Waals surface area (Å²) in [5, 5.41) is 3.37. The van der Waals surface area contributed by atoms with Crippen molar-refractivity contribution in [3.05, 3.63) is 118 Å². The van der Waals surface area contributed by atoms with Gasteiger partial charge in [0.2, 0.25) is 5.88 Å². The van der Waals surface area contributed by atoms with Gasteiger partial charge in [0, 0.05) is 46.1 Å². The van der Waals surface area contributed by atoms with Gasteiger partial charge in [-0.05, 0) is 80.9 Å². The van der Waals surface area contributed by atoms with Gasteiger partial charge in [0.05, 0.1) is 30.2 Å². The molecule has 1 amide bonds. The molecule has 2 aliphatic heterocycles. The van der Waals surface area contributed by atoms with Crippen molar-refractivity contribution >= 4 is 34.2 Å². The maximum Gasteiger partial charge on any atom is 0.255 e. The topological polar surface area (TPSA) is 81.5 Å². The van der Waals surface area contributed by atoms with Crippen LogP contribution in [0.4, 0.5) is 10.1 Å². The lowest BCUT2D eigenvalue weighted by Crippen LogP contribution is -2.35. The number of imidazole rings is 1. The van der Waals surface area contributed by atoms with Crippen molar-refractivity contribution in [3.63, 3.8) is 0 Å². The predicted molar refractivity (Wildman–Crippen MR) is 176 cm³/mol. The van der Waals surface area contributed by atoms with Crippen LogP contribution in [0.3, 0.4) is 0 Å². The average Bonchev–Trinajstić information content (AvgIpc) is 3.38. The number of benzene rings is 3. The Labute approximate surface area is 272 Å². The summed E-state index contributed by atoms with van der Waals surface area (Å²) >= 11 is 5.87. The molecule has 10 heteroatoms. The normalized spacial score (nSPS) is 17.1. The maximum atomic E-state index is 14.2. The molecule has 236 valence electrons. The van der Waals surface area contributed by atoms with Crippen molar-refractivity contribution in [1.82, 2.24) is 19.4 Å². The number of hydrogen-bond donors (Lipinski definition) is 1. The molecular weight excluding hydrogens is 605 g/mol. The fourth-order valence-corrected chi connectivity index (χ4v) is 6.28. The minimum atomic E-state index is -0.389. The van der Waals surface area contributed by atoms with Gasteiger partial charge in [-0.2, -0.15) is 0 Å². The van der Waals surface area contributed by atoms with E-state index in [-0.39, 0.29) is 24.4 Å². The van der Waals surface area contributed by atoms with Gasteiger partial charge in [0.1, 0.15) is 18.2 Å². The Morgan fingerprint density at radius 2 is 1.80 bits per heavy atom. The zero-order valence-corrected chi connectivity index (χ0v) is 26.1. The van der Waals surface area contributed by atoms with Crippen molar-refractivity contribution in [2.45, 2.75) is 51.0 Å². The molecule has 2 fully saturated rings. The molecule has 0 aliphatic carbocycles. The zero-order valence-electron chi connectivity index (χ0n) is 25.4. The van der Waals surface area contributed by atoms with E-state index >= 15 is 0 Å². The van der Waals surface area contributed by atoms with E-state index in [1.807, 2.05) is 48.5 Å².